The summed E-state index contributed by atoms with van der Waals surface area (Å²) in [6.45, 7) is 0.735. The predicted octanol–water partition coefficient (Wildman–Crippen LogP) is 3.45. The van der Waals surface area contributed by atoms with Crippen molar-refractivity contribution in [1.82, 2.24) is 0 Å². The van der Waals surface area contributed by atoms with Crippen LogP contribution in [0.4, 0.5) is 11.4 Å². The van der Waals surface area contributed by atoms with Crippen LogP contribution in [-0.4, -0.2) is 6.54 Å². The van der Waals surface area contributed by atoms with Gasteiger partial charge in [0.1, 0.15) is 6.07 Å². The number of nitrogens with one attached hydrogen (secondary N) is 1. The Kier molecular flexibility index (Phi) is 4.27. The summed E-state index contributed by atoms with van der Waals surface area (Å²) in [5.74, 6) is 0. The fourth-order valence-corrected chi connectivity index (χ4v) is 2.03. The molecule has 19 heavy (non-hydrogen) atoms. The second-order valence-corrected chi connectivity index (χ2v) is 4.60. The van der Waals surface area contributed by atoms with Crippen molar-refractivity contribution in [1.29, 1.82) is 5.26 Å². The van der Waals surface area contributed by atoms with E-state index in [1.807, 2.05) is 36.4 Å². The van der Waals surface area contributed by atoms with Crippen molar-refractivity contribution in [2.75, 3.05) is 17.6 Å². The van der Waals surface area contributed by atoms with E-state index in [1.54, 1.807) is 6.07 Å². The van der Waals surface area contributed by atoms with Gasteiger partial charge >= 0.3 is 0 Å². The minimum absolute atomic E-state index is 0.472. The molecule has 0 heterocycles. The van der Waals surface area contributed by atoms with Crippen molar-refractivity contribution in [3.8, 4) is 6.07 Å². The molecule has 0 spiro atoms. The van der Waals surface area contributed by atoms with Gasteiger partial charge in [0, 0.05) is 12.2 Å². The summed E-state index contributed by atoms with van der Waals surface area (Å²) < 4.78 is 0. The number of hydrogen-bond acceptors (Lipinski definition) is 3. The number of anilines is 2. The van der Waals surface area contributed by atoms with Crippen LogP contribution in [0.25, 0.3) is 0 Å². The molecule has 0 fully saturated rings. The topological polar surface area (TPSA) is 61.8 Å². The molecule has 0 amide bonds. The molecule has 2 rings (SSSR count). The number of rotatable bonds is 4. The average Bonchev–Trinajstić information content (AvgIpc) is 2.41. The molecule has 0 atom stereocenters. The minimum atomic E-state index is 0.472. The van der Waals surface area contributed by atoms with E-state index in [2.05, 4.69) is 11.4 Å². The molecule has 96 valence electrons. The lowest BCUT2D eigenvalue weighted by Crippen LogP contribution is -2.06. The molecule has 2 aromatic rings. The highest BCUT2D eigenvalue weighted by Gasteiger charge is 2.05. The molecule has 0 saturated carbocycles. The van der Waals surface area contributed by atoms with Gasteiger partial charge in [0.2, 0.25) is 0 Å². The molecule has 0 aliphatic carbocycles. The Hall–Kier alpha value is -2.18. The van der Waals surface area contributed by atoms with Gasteiger partial charge in [-0.25, -0.2) is 0 Å². The first-order chi connectivity index (χ1) is 9.20. The van der Waals surface area contributed by atoms with E-state index in [9.17, 15) is 0 Å². The molecule has 2 aromatic carbocycles. The summed E-state index contributed by atoms with van der Waals surface area (Å²) in [6.07, 6.45) is 0.859. The van der Waals surface area contributed by atoms with E-state index in [-0.39, 0.29) is 0 Å². The first-order valence-corrected chi connectivity index (χ1v) is 6.35. The molecule has 0 aliphatic rings. The highest BCUT2D eigenvalue weighted by molar-refractivity contribution is 6.32. The molecule has 0 bridgehead atoms. The number of nitriles is 1. The van der Waals surface area contributed by atoms with Crippen molar-refractivity contribution < 1.29 is 0 Å². The summed E-state index contributed by atoms with van der Waals surface area (Å²) in [7, 11) is 0. The monoisotopic (exact) mass is 271 g/mol. The van der Waals surface area contributed by atoms with Crippen LogP contribution in [0.2, 0.25) is 5.02 Å². The number of halogens is 1. The predicted molar refractivity (Wildman–Crippen MR) is 79.2 cm³/mol. The summed E-state index contributed by atoms with van der Waals surface area (Å²) in [6, 6.07) is 15.3. The summed E-state index contributed by atoms with van der Waals surface area (Å²) >= 11 is 5.97. The second kappa shape index (κ2) is 6.12. The van der Waals surface area contributed by atoms with Gasteiger partial charge in [-0.3, -0.25) is 0 Å². The van der Waals surface area contributed by atoms with Gasteiger partial charge in [-0.2, -0.15) is 5.26 Å². The van der Waals surface area contributed by atoms with Crippen molar-refractivity contribution >= 4 is 23.0 Å². The van der Waals surface area contributed by atoms with Crippen LogP contribution in [0, 0.1) is 11.3 Å². The fraction of sp³-hybridized carbons (Fsp3) is 0.133. The zero-order chi connectivity index (χ0) is 13.7. The zero-order valence-electron chi connectivity index (χ0n) is 10.4. The Balaban J connectivity index is 1.98. The SMILES string of the molecule is N#Cc1c(Cl)cccc1NCCc1ccc(N)cc1. The number of hydrogen-bond donors (Lipinski definition) is 2. The Morgan fingerprint density at radius 2 is 1.89 bits per heavy atom. The molecule has 4 heteroatoms. The average molecular weight is 272 g/mol. The number of nitrogen functional groups attached to an aromatic ring is 1. The standard InChI is InChI=1S/C15H14ClN3/c16-14-2-1-3-15(13(14)10-17)19-9-8-11-4-6-12(18)7-5-11/h1-7,19H,8-9,18H2. The van der Waals surface area contributed by atoms with Gasteiger partial charge < -0.3 is 11.1 Å². The van der Waals surface area contributed by atoms with Crippen LogP contribution in [0.3, 0.4) is 0 Å². The fourth-order valence-electron chi connectivity index (χ4n) is 1.81. The molecule has 0 aromatic heterocycles. The maximum absolute atomic E-state index is 9.06. The Bertz CT molecular complexity index is 600. The lowest BCUT2D eigenvalue weighted by atomic mass is 10.1. The maximum atomic E-state index is 9.06. The molecule has 3 N–H and O–H groups in total. The Labute approximate surface area is 117 Å². The summed E-state index contributed by atoms with van der Waals surface area (Å²) in [5, 5.41) is 12.8. The zero-order valence-corrected chi connectivity index (χ0v) is 11.1. The van der Waals surface area contributed by atoms with Crippen LogP contribution in [0.15, 0.2) is 42.5 Å². The molecule has 0 saturated heterocycles. The molecule has 0 aliphatic heterocycles. The largest absolute Gasteiger partial charge is 0.399 e. The molecular formula is C15H14ClN3. The van der Waals surface area contributed by atoms with Crippen LogP contribution >= 0.6 is 11.6 Å². The number of benzene rings is 2. The van der Waals surface area contributed by atoms with Crippen molar-refractivity contribution in [3.05, 3.63) is 58.6 Å². The van der Waals surface area contributed by atoms with Gasteiger partial charge in [0.25, 0.3) is 0 Å². The van der Waals surface area contributed by atoms with E-state index in [0.29, 0.717) is 10.6 Å². The van der Waals surface area contributed by atoms with Gasteiger partial charge in [-0.05, 0) is 36.2 Å². The van der Waals surface area contributed by atoms with Gasteiger partial charge in [0.15, 0.2) is 0 Å². The highest BCUT2D eigenvalue weighted by Crippen LogP contribution is 2.23. The van der Waals surface area contributed by atoms with E-state index in [0.717, 1.165) is 24.3 Å². The van der Waals surface area contributed by atoms with E-state index in [1.165, 1.54) is 5.56 Å². The van der Waals surface area contributed by atoms with E-state index < -0.39 is 0 Å². The number of nitrogens with zero attached hydrogens (tertiary/aromatic N) is 1. The quantitative estimate of drug-likeness (QED) is 0.837. The lowest BCUT2D eigenvalue weighted by molar-refractivity contribution is 1.02. The molecular weight excluding hydrogens is 258 g/mol. The first kappa shape index (κ1) is 13.3. The van der Waals surface area contributed by atoms with Crippen molar-refractivity contribution in [2.24, 2.45) is 0 Å². The van der Waals surface area contributed by atoms with Gasteiger partial charge in [0.05, 0.1) is 16.3 Å². The van der Waals surface area contributed by atoms with Gasteiger partial charge in [-0.15, -0.1) is 0 Å². The van der Waals surface area contributed by atoms with E-state index in [4.69, 9.17) is 22.6 Å². The molecule has 0 radical (unpaired) electrons. The smallest absolute Gasteiger partial charge is 0.103 e. The first-order valence-electron chi connectivity index (χ1n) is 5.97. The number of nitrogens with two attached hydrogens (primary N) is 1. The van der Waals surface area contributed by atoms with Crippen LogP contribution in [-0.2, 0) is 6.42 Å². The van der Waals surface area contributed by atoms with Crippen LogP contribution in [0.1, 0.15) is 11.1 Å². The third-order valence-corrected chi connectivity index (χ3v) is 3.15. The van der Waals surface area contributed by atoms with Crippen LogP contribution in [0.5, 0.6) is 0 Å². The van der Waals surface area contributed by atoms with Crippen molar-refractivity contribution in [2.45, 2.75) is 6.42 Å². The molecule has 0 unspecified atom stereocenters. The van der Waals surface area contributed by atoms with E-state index >= 15 is 0 Å². The second-order valence-electron chi connectivity index (χ2n) is 4.19. The minimum Gasteiger partial charge on any atom is -0.399 e. The lowest BCUT2D eigenvalue weighted by Gasteiger charge is -2.09. The third kappa shape index (κ3) is 3.40. The third-order valence-electron chi connectivity index (χ3n) is 2.83. The Morgan fingerprint density at radius 1 is 1.16 bits per heavy atom. The Morgan fingerprint density at radius 3 is 2.58 bits per heavy atom. The van der Waals surface area contributed by atoms with Gasteiger partial charge in [-0.1, -0.05) is 29.8 Å². The summed E-state index contributed by atoms with van der Waals surface area (Å²) in [4.78, 5) is 0. The molecule has 3 nitrogen and oxygen atoms in total. The maximum Gasteiger partial charge on any atom is 0.103 e. The van der Waals surface area contributed by atoms with Crippen LogP contribution < -0.4 is 11.1 Å². The normalized spacial score (nSPS) is 9.89. The summed E-state index contributed by atoms with van der Waals surface area (Å²) in [5.41, 5.74) is 8.85. The van der Waals surface area contributed by atoms with Crippen molar-refractivity contribution in [3.63, 3.8) is 0 Å². The highest BCUT2D eigenvalue weighted by atomic mass is 35.5.